The van der Waals surface area contributed by atoms with Crippen molar-refractivity contribution in [3.05, 3.63) is 59.9 Å². The van der Waals surface area contributed by atoms with Crippen LogP contribution in [0, 0.1) is 19.8 Å². The molecule has 0 bridgehead atoms. The van der Waals surface area contributed by atoms with E-state index in [1.165, 1.54) is 6.33 Å². The maximum Gasteiger partial charge on any atom is 0.227 e. The van der Waals surface area contributed by atoms with Crippen LogP contribution in [0.3, 0.4) is 0 Å². The molecule has 8 nitrogen and oxygen atoms in total. The first-order valence-corrected chi connectivity index (χ1v) is 9.86. The van der Waals surface area contributed by atoms with Gasteiger partial charge in [-0.05, 0) is 50.5 Å². The lowest BCUT2D eigenvalue weighted by Gasteiger charge is -2.31. The summed E-state index contributed by atoms with van der Waals surface area (Å²) in [5, 5.41) is 7.15. The van der Waals surface area contributed by atoms with Gasteiger partial charge in [0.1, 0.15) is 12.7 Å². The topological polar surface area (TPSA) is 88.8 Å². The molecule has 1 N–H and O–H groups in total. The van der Waals surface area contributed by atoms with Gasteiger partial charge >= 0.3 is 0 Å². The molecule has 29 heavy (non-hydrogen) atoms. The van der Waals surface area contributed by atoms with Gasteiger partial charge < -0.3 is 10.2 Å². The van der Waals surface area contributed by atoms with Gasteiger partial charge in [-0.25, -0.2) is 19.6 Å². The zero-order valence-corrected chi connectivity index (χ0v) is 16.7. The number of nitrogens with one attached hydrogen (secondary N) is 1. The van der Waals surface area contributed by atoms with Gasteiger partial charge in [-0.2, -0.15) is 5.10 Å². The van der Waals surface area contributed by atoms with E-state index in [0.717, 1.165) is 54.5 Å². The number of carbonyl (C=O) groups excluding carboxylic acids is 1. The van der Waals surface area contributed by atoms with E-state index in [-0.39, 0.29) is 11.8 Å². The van der Waals surface area contributed by atoms with E-state index in [1.807, 2.05) is 44.2 Å². The molecular formula is C21H25N7O. The van der Waals surface area contributed by atoms with Crippen LogP contribution in [0.2, 0.25) is 0 Å². The summed E-state index contributed by atoms with van der Waals surface area (Å²) in [5.41, 5.74) is 3.87. The number of rotatable bonds is 5. The first-order chi connectivity index (χ1) is 14.1. The van der Waals surface area contributed by atoms with Crippen molar-refractivity contribution >= 4 is 17.5 Å². The Kier molecular flexibility index (Phi) is 5.50. The summed E-state index contributed by atoms with van der Waals surface area (Å²) in [7, 11) is 0. The van der Waals surface area contributed by atoms with E-state index >= 15 is 0 Å². The Morgan fingerprint density at radius 1 is 1.10 bits per heavy atom. The average Bonchev–Trinajstić information content (AvgIpc) is 3.22. The van der Waals surface area contributed by atoms with Gasteiger partial charge in [0.2, 0.25) is 11.9 Å². The van der Waals surface area contributed by atoms with E-state index in [1.54, 1.807) is 11.0 Å². The highest BCUT2D eigenvalue weighted by atomic mass is 16.1. The van der Waals surface area contributed by atoms with Crippen molar-refractivity contribution in [3.8, 4) is 0 Å². The van der Waals surface area contributed by atoms with Crippen LogP contribution < -0.4 is 10.2 Å². The molecule has 0 radical (unpaired) electrons. The molecule has 0 spiro atoms. The van der Waals surface area contributed by atoms with E-state index < -0.39 is 0 Å². The lowest BCUT2D eigenvalue weighted by Crippen LogP contribution is -2.39. The third-order valence-electron chi connectivity index (χ3n) is 5.15. The molecule has 1 aliphatic heterocycles. The zero-order valence-electron chi connectivity index (χ0n) is 16.7. The molecule has 0 atom stereocenters. The zero-order chi connectivity index (χ0) is 20.2. The molecule has 1 aromatic carbocycles. The highest BCUT2D eigenvalue weighted by molar-refractivity contribution is 5.92. The van der Waals surface area contributed by atoms with E-state index in [0.29, 0.717) is 6.54 Å². The van der Waals surface area contributed by atoms with Gasteiger partial charge in [0.25, 0.3) is 0 Å². The van der Waals surface area contributed by atoms with Crippen LogP contribution >= 0.6 is 0 Å². The maximum atomic E-state index is 12.7. The minimum absolute atomic E-state index is 0.00646. The predicted molar refractivity (Wildman–Crippen MR) is 111 cm³/mol. The normalized spacial score (nSPS) is 14.8. The third-order valence-corrected chi connectivity index (χ3v) is 5.15. The van der Waals surface area contributed by atoms with Crippen LogP contribution in [0.4, 0.5) is 11.6 Å². The Balaban J connectivity index is 1.30. The molecule has 1 aliphatic rings. The molecule has 8 heteroatoms. The van der Waals surface area contributed by atoms with Crippen molar-refractivity contribution < 1.29 is 4.79 Å². The van der Waals surface area contributed by atoms with Crippen LogP contribution in [0.25, 0.3) is 0 Å². The molecule has 4 rings (SSSR count). The number of carbonyl (C=O) groups is 1. The fraction of sp³-hybridized carbons (Fsp3) is 0.381. The van der Waals surface area contributed by atoms with Crippen LogP contribution in [0.5, 0.6) is 0 Å². The fourth-order valence-electron chi connectivity index (χ4n) is 3.63. The molecule has 0 unspecified atom stereocenters. The number of aromatic nitrogens is 5. The minimum atomic E-state index is 0.00646. The third kappa shape index (κ3) is 4.77. The molecule has 2 aromatic heterocycles. The number of benzene rings is 1. The number of nitrogens with zero attached hydrogens (tertiary/aromatic N) is 6. The predicted octanol–water partition coefficient (Wildman–Crippen LogP) is 2.59. The molecule has 1 saturated heterocycles. The molecule has 0 aliphatic carbocycles. The van der Waals surface area contributed by atoms with Gasteiger partial charge in [-0.15, -0.1) is 0 Å². The summed E-state index contributed by atoms with van der Waals surface area (Å²) in [6.45, 7) is 6.20. The van der Waals surface area contributed by atoms with Crippen LogP contribution in [-0.2, 0) is 11.3 Å². The summed E-state index contributed by atoms with van der Waals surface area (Å²) in [5.74, 6) is 0.853. The average molecular weight is 391 g/mol. The highest BCUT2D eigenvalue weighted by Crippen LogP contribution is 2.23. The van der Waals surface area contributed by atoms with Crippen LogP contribution in [-0.4, -0.2) is 43.7 Å². The second kappa shape index (κ2) is 8.38. The Hall–Kier alpha value is -3.29. The number of hydrogen-bond donors (Lipinski definition) is 1. The van der Waals surface area contributed by atoms with Gasteiger partial charge in [-0.3, -0.25) is 4.79 Å². The number of amides is 1. The molecule has 1 amide bonds. The summed E-state index contributed by atoms with van der Waals surface area (Å²) >= 11 is 0. The van der Waals surface area contributed by atoms with Gasteiger partial charge in [0, 0.05) is 36.1 Å². The SMILES string of the molecule is Cc1cc(C)nc(N2CCC(C(=O)Nc3ccc(Cn4cncn4)cc3)CC2)n1. The molecule has 0 saturated carbocycles. The summed E-state index contributed by atoms with van der Waals surface area (Å²) in [4.78, 5) is 27.9. The number of anilines is 2. The Bertz CT molecular complexity index is 941. The number of hydrogen-bond acceptors (Lipinski definition) is 6. The first-order valence-electron chi connectivity index (χ1n) is 9.86. The Morgan fingerprint density at radius 2 is 1.79 bits per heavy atom. The van der Waals surface area contributed by atoms with Crippen molar-refractivity contribution in [2.75, 3.05) is 23.3 Å². The lowest BCUT2D eigenvalue weighted by molar-refractivity contribution is -0.120. The Labute approximate surface area is 170 Å². The quantitative estimate of drug-likeness (QED) is 0.719. The molecule has 1 fully saturated rings. The molecule has 150 valence electrons. The van der Waals surface area contributed by atoms with Crippen LogP contribution in [0.1, 0.15) is 29.8 Å². The van der Waals surface area contributed by atoms with E-state index in [9.17, 15) is 4.79 Å². The van der Waals surface area contributed by atoms with Crippen molar-refractivity contribution in [2.24, 2.45) is 5.92 Å². The van der Waals surface area contributed by atoms with Crippen molar-refractivity contribution in [1.29, 1.82) is 0 Å². The standard InChI is InChI=1S/C21H25N7O/c1-15-11-16(2)25-21(24-15)27-9-7-18(8-10-27)20(29)26-19-5-3-17(4-6-19)12-28-14-22-13-23-28/h3-6,11,13-14,18H,7-10,12H2,1-2H3,(H,26,29). The van der Waals surface area contributed by atoms with E-state index in [4.69, 9.17) is 0 Å². The second-order valence-corrected chi connectivity index (χ2v) is 7.49. The summed E-state index contributed by atoms with van der Waals surface area (Å²) in [6, 6.07) is 9.83. The van der Waals surface area contributed by atoms with Gasteiger partial charge in [-0.1, -0.05) is 12.1 Å². The summed E-state index contributed by atoms with van der Waals surface area (Å²) < 4.78 is 1.76. The van der Waals surface area contributed by atoms with Crippen molar-refractivity contribution in [1.82, 2.24) is 24.7 Å². The summed E-state index contributed by atoms with van der Waals surface area (Å²) in [6.07, 6.45) is 4.80. The number of aryl methyl sites for hydroxylation is 2. The minimum Gasteiger partial charge on any atom is -0.341 e. The highest BCUT2D eigenvalue weighted by Gasteiger charge is 2.26. The molecule has 3 heterocycles. The van der Waals surface area contributed by atoms with Crippen LogP contribution in [0.15, 0.2) is 43.0 Å². The Morgan fingerprint density at radius 3 is 2.41 bits per heavy atom. The largest absolute Gasteiger partial charge is 0.341 e. The van der Waals surface area contributed by atoms with Crippen molar-refractivity contribution in [3.63, 3.8) is 0 Å². The molecular weight excluding hydrogens is 366 g/mol. The smallest absolute Gasteiger partial charge is 0.227 e. The van der Waals surface area contributed by atoms with Crippen molar-refractivity contribution in [2.45, 2.75) is 33.2 Å². The first kappa shape index (κ1) is 19.0. The molecule has 3 aromatic rings. The van der Waals surface area contributed by atoms with Gasteiger partial charge in [0.05, 0.1) is 6.54 Å². The fourth-order valence-corrected chi connectivity index (χ4v) is 3.63. The number of piperidine rings is 1. The lowest BCUT2D eigenvalue weighted by atomic mass is 9.96. The van der Waals surface area contributed by atoms with Gasteiger partial charge in [0.15, 0.2) is 0 Å². The van der Waals surface area contributed by atoms with E-state index in [2.05, 4.69) is 30.3 Å². The maximum absolute atomic E-state index is 12.7. The second-order valence-electron chi connectivity index (χ2n) is 7.49. The monoisotopic (exact) mass is 391 g/mol.